The second kappa shape index (κ2) is 11.8. The van der Waals surface area contributed by atoms with Crippen molar-refractivity contribution in [2.45, 2.75) is 50.7 Å². The van der Waals surface area contributed by atoms with E-state index in [9.17, 15) is 35.1 Å². The number of aliphatic hydroxyl groups is 4. The molecule has 1 saturated heterocycles. The first-order chi connectivity index (χ1) is 20.1. The van der Waals surface area contributed by atoms with Crippen LogP contribution in [0.1, 0.15) is 37.4 Å². The summed E-state index contributed by atoms with van der Waals surface area (Å²) in [5.41, 5.74) is 2.80. The van der Waals surface area contributed by atoms with E-state index in [0.29, 0.717) is 28.8 Å². The van der Waals surface area contributed by atoms with E-state index < -0.39 is 48.8 Å². The summed E-state index contributed by atoms with van der Waals surface area (Å²) >= 11 is 0. The van der Waals surface area contributed by atoms with E-state index in [1.165, 1.54) is 18.1 Å². The number of carbonyl (C=O) groups excluding carboxylic acids is 2. The molecule has 2 aliphatic rings. The van der Waals surface area contributed by atoms with E-state index in [-0.39, 0.29) is 35.7 Å². The van der Waals surface area contributed by atoms with Crippen LogP contribution in [0.2, 0.25) is 0 Å². The molecule has 0 radical (unpaired) electrons. The van der Waals surface area contributed by atoms with Gasteiger partial charge in [0.25, 0.3) is 5.91 Å². The number of fused-ring (bicyclic) bond motifs is 2. The van der Waals surface area contributed by atoms with Gasteiger partial charge in [0.2, 0.25) is 6.29 Å². The summed E-state index contributed by atoms with van der Waals surface area (Å²) in [6.45, 7) is 1.57. The van der Waals surface area contributed by atoms with E-state index in [4.69, 9.17) is 14.2 Å². The lowest BCUT2D eigenvalue weighted by Crippen LogP contribution is -2.60. The van der Waals surface area contributed by atoms with Crippen LogP contribution >= 0.6 is 0 Å². The Labute approximate surface area is 241 Å². The van der Waals surface area contributed by atoms with E-state index >= 15 is 0 Å². The number of methoxy groups -OCH3 is 1. The van der Waals surface area contributed by atoms with Crippen molar-refractivity contribution in [2.75, 3.05) is 27.3 Å². The third-order valence-electron chi connectivity index (χ3n) is 7.79. The van der Waals surface area contributed by atoms with Crippen LogP contribution in [0.4, 0.5) is 0 Å². The van der Waals surface area contributed by atoms with Gasteiger partial charge in [0.05, 0.1) is 31.2 Å². The van der Waals surface area contributed by atoms with Gasteiger partial charge in [-0.15, -0.1) is 0 Å². The molecule has 3 aromatic carbocycles. The quantitative estimate of drug-likeness (QED) is 0.195. The fraction of sp³-hybridized carbons (Fsp3) is 0.400. The van der Waals surface area contributed by atoms with Crippen molar-refractivity contribution >= 4 is 22.5 Å². The molecule has 0 saturated carbocycles. The van der Waals surface area contributed by atoms with Crippen LogP contribution in [0.15, 0.2) is 36.4 Å². The minimum atomic E-state index is -1.70. The zero-order chi connectivity index (χ0) is 30.3. The normalized spacial score (nSPS) is 23.7. The Hall–Kier alpha value is -3.78. The molecule has 6 N–H and O–H groups in total. The molecule has 0 aliphatic carbocycles. The molecule has 3 aromatic rings. The Balaban J connectivity index is 1.49. The standard InChI is InChI=1S/C30H34N2O10/c1-14-7-16-8-17(40-3)9-21(41-30-28(38)27(37)25(35)22(13-33)42-30)24(16)26(36)23(14)20(34)12-32-11-19-15(10-31-2)5-4-6-18(19)29(32)39/h4-9,22,25,27-28,30-31,33,35-38H,10-13H2,1-3H3. The van der Waals surface area contributed by atoms with Crippen LogP contribution in [0, 0.1) is 6.92 Å². The van der Waals surface area contributed by atoms with E-state index in [1.54, 1.807) is 31.2 Å². The minimum Gasteiger partial charge on any atom is -0.506 e. The number of aromatic hydroxyl groups is 1. The number of hydrogen-bond acceptors (Lipinski definition) is 11. The lowest BCUT2D eigenvalue weighted by atomic mass is 9.96. The molecule has 2 aliphatic heterocycles. The largest absolute Gasteiger partial charge is 0.506 e. The molecule has 12 nitrogen and oxygen atoms in total. The van der Waals surface area contributed by atoms with Crippen LogP contribution in [-0.2, 0) is 17.8 Å². The average Bonchev–Trinajstić information content (AvgIpc) is 3.28. The Morgan fingerprint density at radius 3 is 2.60 bits per heavy atom. The molecule has 224 valence electrons. The summed E-state index contributed by atoms with van der Waals surface area (Å²) in [6, 6.07) is 10.2. The Morgan fingerprint density at radius 1 is 1.14 bits per heavy atom. The fourth-order valence-corrected chi connectivity index (χ4v) is 5.64. The van der Waals surface area contributed by atoms with Crippen molar-refractivity contribution in [3.8, 4) is 17.2 Å². The maximum atomic E-state index is 13.6. The number of ketones is 1. The fourth-order valence-electron chi connectivity index (χ4n) is 5.64. The number of aliphatic hydroxyl groups excluding tert-OH is 4. The summed E-state index contributed by atoms with van der Waals surface area (Å²) in [6.07, 6.45) is -7.71. The van der Waals surface area contributed by atoms with Gasteiger partial charge >= 0.3 is 0 Å². The maximum absolute atomic E-state index is 13.6. The molecule has 0 spiro atoms. The van der Waals surface area contributed by atoms with Gasteiger partial charge in [-0.2, -0.15) is 0 Å². The molecule has 1 amide bonds. The van der Waals surface area contributed by atoms with Crippen molar-refractivity contribution < 1.29 is 49.3 Å². The number of amides is 1. The number of nitrogens with one attached hydrogen (secondary N) is 1. The predicted octanol–water partition coefficient (Wildman–Crippen LogP) is 0.599. The van der Waals surface area contributed by atoms with Gasteiger partial charge < -0.3 is 50.0 Å². The van der Waals surface area contributed by atoms with Gasteiger partial charge in [-0.1, -0.05) is 18.2 Å². The number of phenolic OH excluding ortho intramolecular Hbond substituents is 1. The Bertz CT molecular complexity index is 1520. The molecule has 5 rings (SSSR count). The third-order valence-corrected chi connectivity index (χ3v) is 7.79. The monoisotopic (exact) mass is 582 g/mol. The van der Waals surface area contributed by atoms with E-state index in [1.807, 2.05) is 13.1 Å². The molecule has 42 heavy (non-hydrogen) atoms. The number of phenols is 1. The highest BCUT2D eigenvalue weighted by atomic mass is 16.7. The van der Waals surface area contributed by atoms with Crippen molar-refractivity contribution in [1.82, 2.24) is 10.2 Å². The number of hydrogen-bond donors (Lipinski definition) is 6. The number of benzene rings is 3. The Morgan fingerprint density at radius 2 is 1.90 bits per heavy atom. The molecular formula is C30H34N2O10. The first-order valence-corrected chi connectivity index (χ1v) is 13.5. The molecule has 12 heteroatoms. The molecule has 1 fully saturated rings. The topological polar surface area (TPSA) is 178 Å². The summed E-state index contributed by atoms with van der Waals surface area (Å²) in [4.78, 5) is 28.2. The number of rotatable bonds is 9. The van der Waals surface area contributed by atoms with Gasteiger partial charge in [-0.3, -0.25) is 9.59 Å². The lowest BCUT2D eigenvalue weighted by Gasteiger charge is -2.39. The second-order valence-corrected chi connectivity index (χ2v) is 10.5. The first-order valence-electron chi connectivity index (χ1n) is 13.5. The number of ether oxygens (including phenoxy) is 3. The van der Waals surface area contributed by atoms with Crippen LogP contribution in [0.5, 0.6) is 17.2 Å². The zero-order valence-corrected chi connectivity index (χ0v) is 23.4. The first kappa shape index (κ1) is 29.7. The SMILES string of the molecule is CNCc1cccc2c1CN(CC(=O)c1c(C)cc3cc(OC)cc(OC4OC(CO)C(O)C(O)C4O)c3c1O)C2=O. The smallest absolute Gasteiger partial charge is 0.254 e. The molecule has 5 atom stereocenters. The predicted molar refractivity (Wildman–Crippen MR) is 150 cm³/mol. The van der Waals surface area contributed by atoms with Crippen molar-refractivity contribution in [3.05, 3.63) is 64.2 Å². The zero-order valence-electron chi connectivity index (χ0n) is 23.4. The lowest BCUT2D eigenvalue weighted by molar-refractivity contribution is -0.277. The van der Waals surface area contributed by atoms with Gasteiger partial charge in [0.15, 0.2) is 5.78 Å². The highest BCUT2D eigenvalue weighted by Gasteiger charge is 2.45. The highest BCUT2D eigenvalue weighted by Crippen LogP contribution is 2.42. The number of carbonyl (C=O) groups is 2. The highest BCUT2D eigenvalue weighted by molar-refractivity contribution is 6.10. The summed E-state index contributed by atoms with van der Waals surface area (Å²) in [5, 5.41) is 55.5. The molecule has 0 bridgehead atoms. The van der Waals surface area contributed by atoms with Gasteiger partial charge in [0, 0.05) is 24.7 Å². The molecule has 2 heterocycles. The number of Topliss-reactive ketones (excluding diaryl/α,β-unsaturated/α-hetero) is 1. The van der Waals surface area contributed by atoms with Crippen LogP contribution in [-0.4, -0.2) is 100 Å². The molecular weight excluding hydrogens is 548 g/mol. The number of aryl methyl sites for hydroxylation is 1. The van der Waals surface area contributed by atoms with Gasteiger partial charge in [0.1, 0.15) is 41.7 Å². The van der Waals surface area contributed by atoms with Crippen molar-refractivity contribution in [3.63, 3.8) is 0 Å². The second-order valence-electron chi connectivity index (χ2n) is 10.5. The van der Waals surface area contributed by atoms with Crippen molar-refractivity contribution in [1.29, 1.82) is 0 Å². The minimum absolute atomic E-state index is 0.00877. The van der Waals surface area contributed by atoms with E-state index in [2.05, 4.69) is 5.32 Å². The summed E-state index contributed by atoms with van der Waals surface area (Å²) in [5.74, 6) is -0.875. The van der Waals surface area contributed by atoms with Gasteiger partial charge in [-0.05, 0) is 48.2 Å². The van der Waals surface area contributed by atoms with Crippen molar-refractivity contribution in [2.24, 2.45) is 0 Å². The third kappa shape index (κ3) is 5.17. The van der Waals surface area contributed by atoms with Crippen LogP contribution in [0.3, 0.4) is 0 Å². The Kier molecular flexibility index (Phi) is 8.37. The van der Waals surface area contributed by atoms with E-state index in [0.717, 1.165) is 11.1 Å². The van der Waals surface area contributed by atoms with Gasteiger partial charge in [-0.25, -0.2) is 0 Å². The summed E-state index contributed by atoms with van der Waals surface area (Å²) in [7, 11) is 3.24. The average molecular weight is 583 g/mol. The van der Waals surface area contributed by atoms with Crippen LogP contribution < -0.4 is 14.8 Å². The summed E-state index contributed by atoms with van der Waals surface area (Å²) < 4.78 is 16.7. The molecule has 0 aromatic heterocycles. The number of nitrogens with zero attached hydrogens (tertiary/aromatic N) is 1. The van der Waals surface area contributed by atoms with Crippen LogP contribution in [0.25, 0.3) is 10.8 Å². The molecule has 5 unspecified atom stereocenters. The maximum Gasteiger partial charge on any atom is 0.254 e.